The molecule has 144 valence electrons. The Morgan fingerprint density at radius 1 is 1.39 bits per heavy atom. The third-order valence-electron chi connectivity index (χ3n) is 4.56. The zero-order valence-electron chi connectivity index (χ0n) is 15.7. The van der Waals surface area contributed by atoms with Gasteiger partial charge in [0.1, 0.15) is 22.6 Å². The van der Waals surface area contributed by atoms with Crippen LogP contribution in [-0.4, -0.2) is 23.7 Å². The first-order valence-electron chi connectivity index (χ1n) is 9.26. The van der Waals surface area contributed by atoms with Gasteiger partial charge >= 0.3 is 0 Å². The molecule has 0 fully saturated rings. The topological polar surface area (TPSA) is 71.5 Å². The molecule has 0 saturated carbocycles. The number of hydrogen-bond donors (Lipinski definition) is 0. The van der Waals surface area contributed by atoms with Gasteiger partial charge in [0.05, 0.1) is 16.8 Å². The van der Waals surface area contributed by atoms with Crippen molar-refractivity contribution in [1.29, 1.82) is 0 Å². The minimum atomic E-state index is -1.14. The van der Waals surface area contributed by atoms with E-state index in [0.717, 1.165) is 39.3 Å². The van der Waals surface area contributed by atoms with Crippen LogP contribution in [0.5, 0.6) is 11.5 Å². The number of carbonyl (C=O) groups excluding carboxylic acids is 1. The van der Waals surface area contributed by atoms with Gasteiger partial charge in [0, 0.05) is 29.9 Å². The number of para-hydroxylation sites is 1. The zero-order chi connectivity index (χ0) is 19.7. The molecule has 0 amide bonds. The predicted molar refractivity (Wildman–Crippen MR) is 109 cm³/mol. The van der Waals surface area contributed by atoms with Crippen molar-refractivity contribution in [3.8, 4) is 11.5 Å². The number of carbonyl (C=O) groups is 1. The van der Waals surface area contributed by atoms with Gasteiger partial charge in [-0.3, -0.25) is 0 Å². The number of aliphatic carboxylic acids is 1. The SMILES string of the molecule is CCOc1cc2c(cc1/C=C(\CC(=O)[O-])c1nc3ccccc3s1)O[C@@H](C)C2. The van der Waals surface area contributed by atoms with Crippen LogP contribution in [-0.2, 0) is 11.2 Å². The van der Waals surface area contributed by atoms with Crippen molar-refractivity contribution in [2.75, 3.05) is 6.61 Å². The number of benzene rings is 2. The average molecular weight is 394 g/mol. The maximum absolute atomic E-state index is 11.4. The van der Waals surface area contributed by atoms with Crippen molar-refractivity contribution in [3.05, 3.63) is 52.5 Å². The Balaban J connectivity index is 1.82. The average Bonchev–Trinajstić information content (AvgIpc) is 3.23. The fraction of sp³-hybridized carbons (Fsp3) is 0.273. The van der Waals surface area contributed by atoms with Crippen molar-refractivity contribution in [1.82, 2.24) is 4.98 Å². The summed E-state index contributed by atoms with van der Waals surface area (Å²) in [6.07, 6.45) is 2.56. The number of hydrogen-bond acceptors (Lipinski definition) is 6. The van der Waals surface area contributed by atoms with E-state index in [-0.39, 0.29) is 12.5 Å². The van der Waals surface area contributed by atoms with Crippen molar-refractivity contribution >= 4 is 39.2 Å². The molecule has 1 aliphatic heterocycles. The Bertz CT molecular complexity index is 1040. The highest BCUT2D eigenvalue weighted by Crippen LogP contribution is 2.38. The number of carboxylic acid groups (broad SMARTS) is 1. The third-order valence-corrected chi connectivity index (χ3v) is 5.67. The Morgan fingerprint density at radius 2 is 2.21 bits per heavy atom. The van der Waals surface area contributed by atoms with E-state index in [9.17, 15) is 9.90 Å². The summed E-state index contributed by atoms with van der Waals surface area (Å²) >= 11 is 1.47. The van der Waals surface area contributed by atoms with Gasteiger partial charge in [-0.25, -0.2) is 4.98 Å². The highest BCUT2D eigenvalue weighted by Gasteiger charge is 2.22. The zero-order valence-corrected chi connectivity index (χ0v) is 16.5. The standard InChI is InChI=1S/C22H21NO4S/c1-3-26-18-10-14-8-13(2)27-19(14)11-15(18)9-16(12-21(24)25)22-23-17-6-4-5-7-20(17)28-22/h4-7,9-11,13H,3,8,12H2,1-2H3,(H,24,25)/p-1/b16-9+/t13-/m0/s1. The van der Waals surface area contributed by atoms with Crippen molar-refractivity contribution in [3.63, 3.8) is 0 Å². The summed E-state index contributed by atoms with van der Waals surface area (Å²) in [5.41, 5.74) is 3.33. The number of carboxylic acids is 1. The van der Waals surface area contributed by atoms with E-state index in [1.54, 1.807) is 0 Å². The van der Waals surface area contributed by atoms with Crippen LogP contribution in [0, 0.1) is 0 Å². The Kier molecular flexibility index (Phi) is 5.05. The first kappa shape index (κ1) is 18.5. The summed E-state index contributed by atoms with van der Waals surface area (Å²) in [5.74, 6) is 0.393. The minimum absolute atomic E-state index is 0.121. The van der Waals surface area contributed by atoms with E-state index in [0.29, 0.717) is 17.2 Å². The molecule has 1 aromatic heterocycles. The predicted octanol–water partition coefficient (Wildman–Crippen LogP) is 3.70. The molecule has 0 saturated heterocycles. The number of thiazole rings is 1. The second-order valence-electron chi connectivity index (χ2n) is 6.77. The highest BCUT2D eigenvalue weighted by molar-refractivity contribution is 7.19. The van der Waals surface area contributed by atoms with Crippen LogP contribution in [0.3, 0.4) is 0 Å². The lowest BCUT2D eigenvalue weighted by molar-refractivity contribution is -0.304. The number of rotatable bonds is 6. The summed E-state index contributed by atoms with van der Waals surface area (Å²) in [5, 5.41) is 12.1. The van der Waals surface area contributed by atoms with Gasteiger partial charge < -0.3 is 19.4 Å². The second-order valence-corrected chi connectivity index (χ2v) is 7.80. The lowest BCUT2D eigenvalue weighted by Gasteiger charge is -2.12. The summed E-state index contributed by atoms with van der Waals surface area (Å²) in [7, 11) is 0. The molecule has 6 heteroatoms. The number of nitrogens with zero attached hydrogens (tertiary/aromatic N) is 1. The van der Waals surface area contributed by atoms with Crippen LogP contribution in [0.4, 0.5) is 0 Å². The molecule has 2 heterocycles. The van der Waals surface area contributed by atoms with Crippen LogP contribution >= 0.6 is 11.3 Å². The first-order chi connectivity index (χ1) is 13.5. The highest BCUT2D eigenvalue weighted by atomic mass is 32.1. The monoisotopic (exact) mass is 394 g/mol. The van der Waals surface area contributed by atoms with Gasteiger partial charge in [-0.2, -0.15) is 0 Å². The van der Waals surface area contributed by atoms with Crippen molar-refractivity contribution in [2.24, 2.45) is 0 Å². The molecule has 5 nitrogen and oxygen atoms in total. The van der Waals surface area contributed by atoms with E-state index in [1.807, 2.05) is 56.3 Å². The Hall–Kier alpha value is -2.86. The van der Waals surface area contributed by atoms with E-state index in [2.05, 4.69) is 4.98 Å². The molecule has 28 heavy (non-hydrogen) atoms. The van der Waals surface area contributed by atoms with Crippen LogP contribution in [0.2, 0.25) is 0 Å². The maximum Gasteiger partial charge on any atom is 0.127 e. The normalized spacial score (nSPS) is 16.1. The summed E-state index contributed by atoms with van der Waals surface area (Å²) in [4.78, 5) is 16.0. The molecule has 2 aromatic carbocycles. The number of aromatic nitrogens is 1. The van der Waals surface area contributed by atoms with Crippen LogP contribution in [0.15, 0.2) is 36.4 Å². The third kappa shape index (κ3) is 3.73. The molecule has 0 N–H and O–H groups in total. The first-order valence-corrected chi connectivity index (χ1v) is 10.1. The van der Waals surface area contributed by atoms with Crippen molar-refractivity contribution < 1.29 is 19.4 Å². The molecule has 0 aliphatic carbocycles. The van der Waals surface area contributed by atoms with E-state index in [4.69, 9.17) is 9.47 Å². The van der Waals surface area contributed by atoms with E-state index in [1.165, 1.54) is 11.3 Å². The molecule has 4 rings (SSSR count). The van der Waals surface area contributed by atoms with Gasteiger partial charge in [0.25, 0.3) is 0 Å². The lowest BCUT2D eigenvalue weighted by atomic mass is 10.0. The number of ether oxygens (including phenoxy) is 2. The lowest BCUT2D eigenvalue weighted by Crippen LogP contribution is -2.22. The molecule has 0 unspecified atom stereocenters. The van der Waals surface area contributed by atoms with Crippen LogP contribution in [0.1, 0.15) is 36.4 Å². The number of fused-ring (bicyclic) bond motifs is 2. The summed E-state index contributed by atoms with van der Waals surface area (Å²) in [6, 6.07) is 11.7. The Morgan fingerprint density at radius 3 is 2.96 bits per heavy atom. The minimum Gasteiger partial charge on any atom is -0.550 e. The molecule has 1 aliphatic rings. The summed E-state index contributed by atoms with van der Waals surface area (Å²) in [6.45, 7) is 4.47. The van der Waals surface area contributed by atoms with Crippen molar-refractivity contribution in [2.45, 2.75) is 32.8 Å². The molecule has 3 aromatic rings. The van der Waals surface area contributed by atoms with E-state index < -0.39 is 5.97 Å². The maximum atomic E-state index is 11.4. The van der Waals surface area contributed by atoms with Gasteiger partial charge in [-0.05, 0) is 49.8 Å². The van der Waals surface area contributed by atoms with Gasteiger partial charge in [-0.1, -0.05) is 12.1 Å². The van der Waals surface area contributed by atoms with Gasteiger partial charge in [0.2, 0.25) is 0 Å². The van der Waals surface area contributed by atoms with Crippen LogP contribution in [0.25, 0.3) is 21.9 Å². The fourth-order valence-electron chi connectivity index (χ4n) is 3.39. The van der Waals surface area contributed by atoms with E-state index >= 15 is 0 Å². The summed E-state index contributed by atoms with van der Waals surface area (Å²) < 4.78 is 12.7. The molecular weight excluding hydrogens is 374 g/mol. The molecule has 1 atom stereocenters. The molecular formula is C22H20NO4S-. The van der Waals surface area contributed by atoms with Gasteiger partial charge in [0.15, 0.2) is 0 Å². The fourth-order valence-corrected chi connectivity index (χ4v) is 4.37. The molecule has 0 radical (unpaired) electrons. The molecule has 0 spiro atoms. The van der Waals surface area contributed by atoms with Gasteiger partial charge in [-0.15, -0.1) is 11.3 Å². The quantitative estimate of drug-likeness (QED) is 0.637. The Labute approximate surface area is 167 Å². The largest absolute Gasteiger partial charge is 0.550 e. The smallest absolute Gasteiger partial charge is 0.127 e. The molecule has 0 bridgehead atoms. The van der Waals surface area contributed by atoms with Crippen LogP contribution < -0.4 is 14.6 Å². The second kappa shape index (κ2) is 7.64.